The van der Waals surface area contributed by atoms with Crippen molar-refractivity contribution in [1.29, 1.82) is 0 Å². The molecule has 4 N–H and O–H groups in total. The second kappa shape index (κ2) is 6.55. The first-order chi connectivity index (χ1) is 11.2. The number of nitrogens with two attached hydrogens (primary N) is 1. The van der Waals surface area contributed by atoms with Crippen molar-refractivity contribution in [3.05, 3.63) is 30.5 Å². The van der Waals surface area contributed by atoms with Crippen LogP contribution < -0.4 is 21.5 Å². The number of carbonyl (C=O) groups excluding carboxylic acids is 1. The van der Waals surface area contributed by atoms with Crippen LogP contribution in [0, 0.1) is 0 Å². The molecule has 0 bridgehead atoms. The van der Waals surface area contributed by atoms with E-state index in [0.29, 0.717) is 23.4 Å². The minimum absolute atomic E-state index is 0.204. The summed E-state index contributed by atoms with van der Waals surface area (Å²) in [5, 5.41) is 0. The van der Waals surface area contributed by atoms with Gasteiger partial charge in [-0.25, -0.2) is 9.97 Å². The van der Waals surface area contributed by atoms with Gasteiger partial charge >= 0.3 is 5.91 Å². The molecule has 0 spiro atoms. The maximum atomic E-state index is 11.9. The molecule has 122 valence electrons. The first-order valence-corrected chi connectivity index (χ1v) is 7.64. The fraction of sp³-hybridized carbons (Fsp3) is 0.400. The zero-order valence-corrected chi connectivity index (χ0v) is 13.0. The number of nitrogens with one attached hydrogen (secondary N) is 2. The predicted octanol–water partition coefficient (Wildman–Crippen LogP) is 1.79. The van der Waals surface area contributed by atoms with Crippen molar-refractivity contribution in [3.63, 3.8) is 0 Å². The molecule has 0 aliphatic carbocycles. The molecule has 1 fully saturated rings. The van der Waals surface area contributed by atoms with Gasteiger partial charge in [0, 0.05) is 12.6 Å². The molecule has 1 unspecified atom stereocenters. The van der Waals surface area contributed by atoms with E-state index in [-0.39, 0.29) is 5.76 Å². The molecule has 23 heavy (non-hydrogen) atoms. The molecule has 3 heterocycles. The first-order valence-electron chi connectivity index (χ1n) is 7.64. The van der Waals surface area contributed by atoms with Crippen LogP contribution in [0.2, 0.25) is 0 Å². The Morgan fingerprint density at radius 3 is 3.04 bits per heavy atom. The molecule has 1 amide bonds. The van der Waals surface area contributed by atoms with E-state index in [1.54, 1.807) is 12.1 Å². The maximum Gasteiger partial charge on any atom is 0.305 e. The molecule has 8 nitrogen and oxygen atoms in total. The third-order valence-corrected chi connectivity index (χ3v) is 3.98. The zero-order chi connectivity index (χ0) is 16.2. The Morgan fingerprint density at radius 2 is 2.30 bits per heavy atom. The fourth-order valence-corrected chi connectivity index (χ4v) is 2.71. The summed E-state index contributed by atoms with van der Waals surface area (Å²) >= 11 is 0. The van der Waals surface area contributed by atoms with Gasteiger partial charge in [-0.15, -0.1) is 0 Å². The zero-order valence-electron chi connectivity index (χ0n) is 13.0. The highest BCUT2D eigenvalue weighted by Gasteiger charge is 2.23. The summed E-state index contributed by atoms with van der Waals surface area (Å²) in [6, 6.07) is 3.59. The van der Waals surface area contributed by atoms with Crippen LogP contribution in [0.5, 0.6) is 0 Å². The van der Waals surface area contributed by atoms with E-state index in [1.165, 1.54) is 19.0 Å². The molecule has 0 aromatic carbocycles. The molecular formula is C15H20N6O2. The van der Waals surface area contributed by atoms with Gasteiger partial charge in [-0.2, -0.15) is 0 Å². The van der Waals surface area contributed by atoms with E-state index >= 15 is 0 Å². The summed E-state index contributed by atoms with van der Waals surface area (Å²) in [5.74, 6) is 0.866. The second-order valence-electron chi connectivity index (χ2n) is 5.55. The van der Waals surface area contributed by atoms with Crippen molar-refractivity contribution in [2.24, 2.45) is 0 Å². The minimum atomic E-state index is -0.402. The first kappa shape index (κ1) is 15.1. The number of hydrazine groups is 1. The minimum Gasteiger partial charge on any atom is -0.459 e. The second-order valence-corrected chi connectivity index (χ2v) is 5.55. The lowest BCUT2D eigenvalue weighted by Crippen LogP contribution is -2.39. The smallest absolute Gasteiger partial charge is 0.305 e. The summed E-state index contributed by atoms with van der Waals surface area (Å²) in [4.78, 5) is 22.4. The molecule has 1 aliphatic heterocycles. The number of nitrogens with zero attached hydrogens (tertiary/aromatic N) is 3. The fourth-order valence-electron chi connectivity index (χ4n) is 2.71. The summed E-state index contributed by atoms with van der Waals surface area (Å²) < 4.78 is 5.02. The van der Waals surface area contributed by atoms with Crippen LogP contribution in [0.25, 0.3) is 0 Å². The van der Waals surface area contributed by atoms with Crippen LogP contribution in [0.4, 0.5) is 17.3 Å². The number of nitrogen functional groups attached to an aromatic ring is 1. The number of hydrogen-bond acceptors (Lipinski definition) is 7. The molecule has 2 aromatic heterocycles. The lowest BCUT2D eigenvalue weighted by atomic mass is 10.0. The lowest BCUT2D eigenvalue weighted by molar-refractivity contribution is 0.0935. The van der Waals surface area contributed by atoms with Gasteiger partial charge in [-0.1, -0.05) is 0 Å². The van der Waals surface area contributed by atoms with Crippen molar-refractivity contribution in [1.82, 2.24) is 15.4 Å². The highest BCUT2D eigenvalue weighted by Crippen LogP contribution is 2.30. The molecule has 0 saturated carbocycles. The number of amides is 1. The normalized spacial score (nSPS) is 17.8. The standard InChI is InChI=1S/C15H20N6O2/c1-10-5-2-3-7-21(10)14-12(16)13(17-9-18-14)19-20-15(22)11-6-4-8-23-11/h4,6,8-10H,2-3,5,7,16H2,1H3,(H,20,22)(H,17,18,19). The highest BCUT2D eigenvalue weighted by atomic mass is 16.3. The maximum absolute atomic E-state index is 11.9. The third kappa shape index (κ3) is 3.20. The van der Waals surface area contributed by atoms with Crippen molar-refractivity contribution in [2.45, 2.75) is 32.2 Å². The number of furan rings is 1. The van der Waals surface area contributed by atoms with Crippen molar-refractivity contribution >= 4 is 23.2 Å². The topological polar surface area (TPSA) is 109 Å². The van der Waals surface area contributed by atoms with Gasteiger partial charge in [-0.3, -0.25) is 15.6 Å². The number of carbonyl (C=O) groups is 1. The van der Waals surface area contributed by atoms with Crippen LogP contribution in [-0.2, 0) is 0 Å². The van der Waals surface area contributed by atoms with Gasteiger partial charge in [0.2, 0.25) is 0 Å². The monoisotopic (exact) mass is 316 g/mol. The Morgan fingerprint density at radius 1 is 1.43 bits per heavy atom. The Labute approximate surface area is 134 Å². The van der Waals surface area contributed by atoms with Gasteiger partial charge in [0.25, 0.3) is 0 Å². The Bertz CT molecular complexity index is 673. The highest BCUT2D eigenvalue weighted by molar-refractivity contribution is 5.92. The third-order valence-electron chi connectivity index (χ3n) is 3.98. The number of hydrogen-bond donors (Lipinski definition) is 3. The Balaban J connectivity index is 1.73. The summed E-state index contributed by atoms with van der Waals surface area (Å²) in [7, 11) is 0. The van der Waals surface area contributed by atoms with E-state index in [9.17, 15) is 4.79 Å². The Hall–Kier alpha value is -2.77. The number of piperidine rings is 1. The van der Waals surface area contributed by atoms with Gasteiger partial charge in [0.15, 0.2) is 17.4 Å². The number of rotatable bonds is 4. The van der Waals surface area contributed by atoms with Gasteiger partial charge in [-0.05, 0) is 38.3 Å². The lowest BCUT2D eigenvalue weighted by Gasteiger charge is -2.35. The number of aromatic nitrogens is 2. The average molecular weight is 316 g/mol. The van der Waals surface area contributed by atoms with Crippen LogP contribution in [0.15, 0.2) is 29.1 Å². The summed E-state index contributed by atoms with van der Waals surface area (Å²) in [6.07, 6.45) is 6.32. The van der Waals surface area contributed by atoms with E-state index in [4.69, 9.17) is 10.2 Å². The SMILES string of the molecule is CC1CCCCN1c1ncnc(NNC(=O)c2ccco2)c1N. The van der Waals surface area contributed by atoms with E-state index in [2.05, 4.69) is 32.6 Å². The summed E-state index contributed by atoms with van der Waals surface area (Å²) in [6.45, 7) is 3.08. The van der Waals surface area contributed by atoms with Gasteiger partial charge in [0.05, 0.1) is 6.26 Å². The Kier molecular flexibility index (Phi) is 4.31. The van der Waals surface area contributed by atoms with Crippen molar-refractivity contribution in [3.8, 4) is 0 Å². The van der Waals surface area contributed by atoms with E-state index in [0.717, 1.165) is 19.4 Å². The van der Waals surface area contributed by atoms with Crippen molar-refractivity contribution in [2.75, 3.05) is 22.6 Å². The van der Waals surface area contributed by atoms with E-state index in [1.807, 2.05) is 0 Å². The molecule has 8 heteroatoms. The van der Waals surface area contributed by atoms with Gasteiger partial charge in [0.1, 0.15) is 12.0 Å². The van der Waals surface area contributed by atoms with Crippen LogP contribution in [0.3, 0.4) is 0 Å². The van der Waals surface area contributed by atoms with E-state index < -0.39 is 5.91 Å². The molecule has 1 saturated heterocycles. The number of anilines is 3. The van der Waals surface area contributed by atoms with Crippen LogP contribution in [-0.4, -0.2) is 28.5 Å². The molecule has 3 rings (SSSR count). The largest absolute Gasteiger partial charge is 0.459 e. The molecule has 1 aliphatic rings. The molecule has 2 aromatic rings. The molecule has 1 atom stereocenters. The van der Waals surface area contributed by atoms with Crippen LogP contribution in [0.1, 0.15) is 36.7 Å². The predicted molar refractivity (Wildman–Crippen MR) is 86.9 cm³/mol. The molecule has 0 radical (unpaired) electrons. The molecular weight excluding hydrogens is 296 g/mol. The van der Waals surface area contributed by atoms with Gasteiger partial charge < -0.3 is 15.1 Å². The van der Waals surface area contributed by atoms with Crippen LogP contribution >= 0.6 is 0 Å². The quantitative estimate of drug-likeness (QED) is 0.738. The average Bonchev–Trinajstić information content (AvgIpc) is 3.09. The van der Waals surface area contributed by atoms with Crippen molar-refractivity contribution < 1.29 is 9.21 Å². The summed E-state index contributed by atoms with van der Waals surface area (Å²) in [5.41, 5.74) is 11.8.